The van der Waals surface area contributed by atoms with Gasteiger partial charge >= 0.3 is 0 Å². The summed E-state index contributed by atoms with van der Waals surface area (Å²) in [5, 5.41) is 8.90. The van der Waals surface area contributed by atoms with E-state index >= 15 is 0 Å². The standard InChI is InChI=1S/C10H12BrN3O4S/c11-10-9(3-8(5-15)18-10)19(16,17)14-2-1-7-4-12-6-13-7/h3-4,6,14-15H,1-2,5H2,(H,12,13). The average molecular weight is 350 g/mol. The monoisotopic (exact) mass is 349 g/mol. The largest absolute Gasteiger partial charge is 0.450 e. The van der Waals surface area contributed by atoms with Crippen LogP contribution in [0.3, 0.4) is 0 Å². The van der Waals surface area contributed by atoms with E-state index in [1.165, 1.54) is 12.4 Å². The zero-order valence-electron chi connectivity index (χ0n) is 9.76. The lowest BCUT2D eigenvalue weighted by atomic mass is 10.3. The lowest BCUT2D eigenvalue weighted by Gasteiger charge is -2.03. The molecule has 3 N–H and O–H groups in total. The Morgan fingerprint density at radius 3 is 2.89 bits per heavy atom. The molecule has 0 spiro atoms. The molecule has 0 saturated heterocycles. The van der Waals surface area contributed by atoms with Gasteiger partial charge in [0.25, 0.3) is 0 Å². The van der Waals surface area contributed by atoms with Crippen LogP contribution in [0.4, 0.5) is 0 Å². The second kappa shape index (κ2) is 5.87. The third-order valence-electron chi connectivity index (χ3n) is 2.39. The van der Waals surface area contributed by atoms with Crippen LogP contribution < -0.4 is 4.72 Å². The number of aromatic amines is 1. The van der Waals surface area contributed by atoms with Crippen molar-refractivity contribution in [2.45, 2.75) is 17.9 Å². The van der Waals surface area contributed by atoms with Gasteiger partial charge in [0.05, 0.1) is 6.33 Å². The van der Waals surface area contributed by atoms with Crippen molar-refractivity contribution >= 4 is 26.0 Å². The van der Waals surface area contributed by atoms with Crippen LogP contribution in [0.25, 0.3) is 0 Å². The van der Waals surface area contributed by atoms with Crippen LogP contribution in [0.15, 0.2) is 32.6 Å². The number of hydrogen-bond acceptors (Lipinski definition) is 5. The lowest BCUT2D eigenvalue weighted by molar-refractivity contribution is 0.245. The third kappa shape index (κ3) is 3.44. The highest BCUT2D eigenvalue weighted by Crippen LogP contribution is 2.25. The van der Waals surface area contributed by atoms with Crippen molar-refractivity contribution in [2.24, 2.45) is 0 Å². The Labute approximate surface area is 118 Å². The average Bonchev–Trinajstić information content (AvgIpc) is 2.98. The zero-order chi connectivity index (χ0) is 13.9. The molecular weight excluding hydrogens is 338 g/mol. The molecule has 0 saturated carbocycles. The molecule has 0 unspecified atom stereocenters. The number of nitrogens with one attached hydrogen (secondary N) is 2. The first-order valence-electron chi connectivity index (χ1n) is 5.39. The van der Waals surface area contributed by atoms with Crippen molar-refractivity contribution in [1.29, 1.82) is 0 Å². The predicted octanol–water partition coefficient (Wildman–Crippen LogP) is 0.778. The highest BCUT2D eigenvalue weighted by molar-refractivity contribution is 9.10. The summed E-state index contributed by atoms with van der Waals surface area (Å²) in [7, 11) is -3.67. The van der Waals surface area contributed by atoms with Gasteiger partial charge in [-0.2, -0.15) is 0 Å². The summed E-state index contributed by atoms with van der Waals surface area (Å²) in [4.78, 5) is 6.70. The second-order valence-electron chi connectivity index (χ2n) is 3.73. The molecular formula is C10H12BrN3O4S. The molecule has 7 nitrogen and oxygen atoms in total. The Bertz CT molecular complexity index is 636. The number of aromatic nitrogens is 2. The van der Waals surface area contributed by atoms with Crippen molar-refractivity contribution in [3.05, 3.63) is 34.7 Å². The van der Waals surface area contributed by atoms with Gasteiger partial charge in [-0.15, -0.1) is 0 Å². The van der Waals surface area contributed by atoms with Crippen LogP contribution in [-0.4, -0.2) is 30.0 Å². The quantitative estimate of drug-likeness (QED) is 0.714. The number of aliphatic hydroxyl groups excluding tert-OH is 1. The predicted molar refractivity (Wildman–Crippen MR) is 69.8 cm³/mol. The van der Waals surface area contributed by atoms with Gasteiger partial charge in [0.15, 0.2) is 4.67 Å². The molecule has 104 valence electrons. The fourth-order valence-corrected chi connectivity index (χ4v) is 3.51. The van der Waals surface area contributed by atoms with Crippen LogP contribution in [0.1, 0.15) is 11.5 Å². The number of aliphatic hydroxyl groups is 1. The molecule has 2 aromatic heterocycles. The van der Waals surface area contributed by atoms with Gasteiger partial charge in [0, 0.05) is 30.9 Å². The molecule has 0 atom stereocenters. The molecule has 0 aliphatic heterocycles. The molecule has 0 bridgehead atoms. The molecule has 0 aliphatic rings. The number of hydrogen-bond donors (Lipinski definition) is 3. The van der Waals surface area contributed by atoms with E-state index in [1.807, 2.05) is 0 Å². The van der Waals surface area contributed by atoms with Crippen molar-refractivity contribution < 1.29 is 17.9 Å². The van der Waals surface area contributed by atoms with Gasteiger partial charge in [-0.1, -0.05) is 0 Å². The van der Waals surface area contributed by atoms with Crippen LogP contribution in [0, 0.1) is 0 Å². The minimum absolute atomic E-state index is 0.0267. The number of rotatable bonds is 6. The normalized spacial score (nSPS) is 11.9. The summed E-state index contributed by atoms with van der Waals surface area (Å²) in [5.41, 5.74) is 0.838. The second-order valence-corrected chi connectivity index (χ2v) is 6.19. The molecule has 0 fully saturated rings. The highest BCUT2D eigenvalue weighted by atomic mass is 79.9. The number of halogens is 1. The Morgan fingerprint density at radius 1 is 1.53 bits per heavy atom. The van der Waals surface area contributed by atoms with E-state index in [9.17, 15) is 8.42 Å². The fraction of sp³-hybridized carbons (Fsp3) is 0.300. The van der Waals surface area contributed by atoms with Gasteiger partial charge in [0.2, 0.25) is 10.0 Å². The summed E-state index contributed by atoms with van der Waals surface area (Å²) >= 11 is 3.01. The maximum absolute atomic E-state index is 12.0. The number of furan rings is 1. The van der Waals surface area contributed by atoms with Gasteiger partial charge in [-0.3, -0.25) is 0 Å². The SMILES string of the molecule is O=S(=O)(NCCc1cnc[nH]1)c1cc(CO)oc1Br. The molecule has 9 heteroatoms. The molecule has 2 aromatic rings. The summed E-state index contributed by atoms with van der Waals surface area (Å²) in [5.74, 6) is 0.181. The van der Waals surface area contributed by atoms with Crippen LogP contribution in [-0.2, 0) is 23.1 Å². The molecule has 0 aromatic carbocycles. The van der Waals surface area contributed by atoms with Crippen molar-refractivity contribution in [3.8, 4) is 0 Å². The van der Waals surface area contributed by atoms with E-state index < -0.39 is 10.0 Å². The summed E-state index contributed by atoms with van der Waals surface area (Å²) < 4.78 is 31.6. The third-order valence-corrected chi connectivity index (χ3v) is 4.71. The number of imidazole rings is 1. The van der Waals surface area contributed by atoms with Crippen molar-refractivity contribution in [3.63, 3.8) is 0 Å². The molecule has 0 amide bonds. The number of sulfonamides is 1. The molecule has 19 heavy (non-hydrogen) atoms. The minimum atomic E-state index is -3.67. The molecule has 0 radical (unpaired) electrons. The Balaban J connectivity index is 2.03. The topological polar surface area (TPSA) is 108 Å². The smallest absolute Gasteiger partial charge is 0.244 e. The van der Waals surface area contributed by atoms with Gasteiger partial charge in [-0.25, -0.2) is 18.1 Å². The van der Waals surface area contributed by atoms with E-state index in [0.29, 0.717) is 6.42 Å². The Kier molecular flexibility index (Phi) is 4.40. The zero-order valence-corrected chi connectivity index (χ0v) is 12.2. The van der Waals surface area contributed by atoms with E-state index in [-0.39, 0.29) is 28.5 Å². The van der Waals surface area contributed by atoms with Gasteiger partial charge < -0.3 is 14.5 Å². The maximum atomic E-state index is 12.0. The Hall–Kier alpha value is -1.16. The molecule has 2 heterocycles. The highest BCUT2D eigenvalue weighted by Gasteiger charge is 2.21. The Morgan fingerprint density at radius 2 is 2.32 bits per heavy atom. The fourth-order valence-electron chi connectivity index (χ4n) is 1.48. The van der Waals surface area contributed by atoms with E-state index in [4.69, 9.17) is 9.52 Å². The first kappa shape index (κ1) is 14.3. The van der Waals surface area contributed by atoms with Crippen LogP contribution in [0.2, 0.25) is 0 Å². The van der Waals surface area contributed by atoms with Crippen LogP contribution in [0.5, 0.6) is 0 Å². The van der Waals surface area contributed by atoms with Gasteiger partial charge in [0.1, 0.15) is 17.3 Å². The van der Waals surface area contributed by atoms with Crippen LogP contribution >= 0.6 is 15.9 Å². The molecule has 0 aliphatic carbocycles. The lowest BCUT2D eigenvalue weighted by Crippen LogP contribution is -2.26. The minimum Gasteiger partial charge on any atom is -0.450 e. The summed E-state index contributed by atoms with van der Waals surface area (Å²) in [6.45, 7) is -0.126. The summed E-state index contributed by atoms with van der Waals surface area (Å²) in [6.07, 6.45) is 3.66. The summed E-state index contributed by atoms with van der Waals surface area (Å²) in [6, 6.07) is 1.28. The first-order chi connectivity index (χ1) is 9.03. The number of H-pyrrole nitrogens is 1. The van der Waals surface area contributed by atoms with Gasteiger partial charge in [-0.05, 0) is 15.9 Å². The first-order valence-corrected chi connectivity index (χ1v) is 7.66. The number of nitrogens with zero attached hydrogens (tertiary/aromatic N) is 1. The molecule has 2 rings (SSSR count). The maximum Gasteiger partial charge on any atom is 0.244 e. The van der Waals surface area contributed by atoms with E-state index in [2.05, 4.69) is 30.6 Å². The van der Waals surface area contributed by atoms with E-state index in [1.54, 1.807) is 6.20 Å². The van der Waals surface area contributed by atoms with E-state index in [0.717, 1.165) is 5.69 Å². The van der Waals surface area contributed by atoms with Crippen molar-refractivity contribution in [1.82, 2.24) is 14.7 Å². The van der Waals surface area contributed by atoms with Crippen molar-refractivity contribution in [2.75, 3.05) is 6.54 Å².